The molecule has 1 fully saturated rings. The molecule has 1 aromatic carbocycles. The van der Waals surface area contributed by atoms with Gasteiger partial charge in [-0.05, 0) is 42.8 Å². The van der Waals surface area contributed by atoms with Crippen molar-refractivity contribution < 1.29 is 9.53 Å². The van der Waals surface area contributed by atoms with Crippen molar-refractivity contribution in [2.75, 3.05) is 19.7 Å². The number of thiophene rings is 1. The van der Waals surface area contributed by atoms with Crippen LogP contribution in [-0.4, -0.2) is 30.5 Å². The predicted octanol–water partition coefficient (Wildman–Crippen LogP) is 3.99. The van der Waals surface area contributed by atoms with Gasteiger partial charge in [0.1, 0.15) is 5.75 Å². The molecular weight excluding hydrogens is 294 g/mol. The van der Waals surface area contributed by atoms with E-state index >= 15 is 0 Å². The molecule has 1 unspecified atom stereocenters. The van der Waals surface area contributed by atoms with Crippen LogP contribution in [0, 0.1) is 12.8 Å². The van der Waals surface area contributed by atoms with Crippen molar-refractivity contribution in [3.8, 4) is 5.75 Å². The molecule has 116 valence electrons. The number of ether oxygens (including phenoxy) is 1. The zero-order chi connectivity index (χ0) is 15.4. The number of para-hydroxylation sites is 1. The molecule has 0 N–H and O–H groups in total. The number of nitrogens with zero attached hydrogens (tertiary/aromatic N) is 1. The summed E-state index contributed by atoms with van der Waals surface area (Å²) in [5.74, 6) is 1.53. The van der Waals surface area contributed by atoms with Gasteiger partial charge < -0.3 is 9.64 Å². The van der Waals surface area contributed by atoms with Gasteiger partial charge in [0.25, 0.3) is 5.91 Å². The molecule has 22 heavy (non-hydrogen) atoms. The Morgan fingerprint density at radius 3 is 2.95 bits per heavy atom. The van der Waals surface area contributed by atoms with Crippen LogP contribution < -0.4 is 4.74 Å². The quantitative estimate of drug-likeness (QED) is 0.854. The molecule has 0 saturated carbocycles. The number of carbonyl (C=O) groups is 1. The lowest BCUT2D eigenvalue weighted by Crippen LogP contribution is -2.41. The van der Waals surface area contributed by atoms with Crippen LogP contribution in [0.15, 0.2) is 41.8 Å². The number of benzene rings is 1. The van der Waals surface area contributed by atoms with Gasteiger partial charge in [0.15, 0.2) is 0 Å². The molecule has 1 aromatic heterocycles. The topological polar surface area (TPSA) is 29.5 Å². The van der Waals surface area contributed by atoms with E-state index in [1.807, 2.05) is 40.6 Å². The number of aryl methyl sites for hydroxylation is 1. The van der Waals surface area contributed by atoms with Crippen LogP contribution in [0.3, 0.4) is 0 Å². The molecule has 1 aliphatic heterocycles. The summed E-state index contributed by atoms with van der Waals surface area (Å²) in [5, 5.41) is 1.95. The lowest BCUT2D eigenvalue weighted by atomic mass is 9.99. The van der Waals surface area contributed by atoms with Gasteiger partial charge in [0.05, 0.1) is 11.5 Å². The molecule has 3 rings (SSSR count). The van der Waals surface area contributed by atoms with E-state index in [9.17, 15) is 4.79 Å². The molecule has 1 atom stereocenters. The van der Waals surface area contributed by atoms with Gasteiger partial charge in [-0.1, -0.05) is 24.3 Å². The van der Waals surface area contributed by atoms with Gasteiger partial charge >= 0.3 is 0 Å². The van der Waals surface area contributed by atoms with Crippen molar-refractivity contribution in [1.29, 1.82) is 0 Å². The summed E-state index contributed by atoms with van der Waals surface area (Å²) in [4.78, 5) is 15.2. The number of amides is 1. The average Bonchev–Trinajstić information content (AvgIpc) is 3.08. The second-order valence-corrected chi connectivity index (χ2v) is 6.76. The smallest absolute Gasteiger partial charge is 0.263 e. The Morgan fingerprint density at radius 1 is 1.32 bits per heavy atom. The third kappa shape index (κ3) is 3.50. The van der Waals surface area contributed by atoms with Gasteiger partial charge in [0.2, 0.25) is 0 Å². The second-order valence-electron chi connectivity index (χ2n) is 5.81. The Hall–Kier alpha value is -1.81. The fourth-order valence-corrected chi connectivity index (χ4v) is 3.56. The van der Waals surface area contributed by atoms with E-state index in [2.05, 4.69) is 13.0 Å². The summed E-state index contributed by atoms with van der Waals surface area (Å²) in [6, 6.07) is 11.9. The standard InChI is InChI=1S/C18H21NO2S/c1-14-6-2-3-8-16(14)21-13-15-7-4-10-19(12-15)18(20)17-9-5-11-22-17/h2-3,5-6,8-9,11,15H,4,7,10,12-13H2,1H3. The highest BCUT2D eigenvalue weighted by Crippen LogP contribution is 2.23. The van der Waals surface area contributed by atoms with Crippen LogP contribution in [0.25, 0.3) is 0 Å². The molecule has 4 heteroatoms. The van der Waals surface area contributed by atoms with E-state index in [0.29, 0.717) is 12.5 Å². The molecule has 2 heterocycles. The molecule has 0 bridgehead atoms. The van der Waals surface area contributed by atoms with Crippen LogP contribution >= 0.6 is 11.3 Å². The van der Waals surface area contributed by atoms with Crippen molar-refractivity contribution in [3.05, 3.63) is 52.2 Å². The minimum Gasteiger partial charge on any atom is -0.493 e. The van der Waals surface area contributed by atoms with E-state index in [4.69, 9.17) is 4.74 Å². The molecule has 1 amide bonds. The van der Waals surface area contributed by atoms with Crippen molar-refractivity contribution >= 4 is 17.2 Å². The van der Waals surface area contributed by atoms with Gasteiger partial charge in [-0.3, -0.25) is 4.79 Å². The highest BCUT2D eigenvalue weighted by molar-refractivity contribution is 7.12. The third-order valence-corrected chi connectivity index (χ3v) is 4.96. The summed E-state index contributed by atoms with van der Waals surface area (Å²) in [6.07, 6.45) is 2.18. The Kier molecular flexibility index (Phi) is 4.78. The first-order valence-electron chi connectivity index (χ1n) is 7.75. The van der Waals surface area contributed by atoms with E-state index in [-0.39, 0.29) is 5.91 Å². The minimum absolute atomic E-state index is 0.163. The molecule has 0 aliphatic carbocycles. The first-order valence-corrected chi connectivity index (χ1v) is 8.63. The normalized spacial score (nSPS) is 18.2. The molecule has 3 nitrogen and oxygen atoms in total. The maximum atomic E-state index is 12.4. The van der Waals surface area contributed by atoms with Crippen LogP contribution in [-0.2, 0) is 0 Å². The van der Waals surface area contributed by atoms with Gasteiger partial charge in [-0.2, -0.15) is 0 Å². The van der Waals surface area contributed by atoms with Gasteiger partial charge in [-0.25, -0.2) is 0 Å². The number of carbonyl (C=O) groups excluding carboxylic acids is 1. The van der Waals surface area contributed by atoms with Crippen molar-refractivity contribution in [1.82, 2.24) is 4.90 Å². The SMILES string of the molecule is Cc1ccccc1OCC1CCCN(C(=O)c2cccs2)C1. The zero-order valence-electron chi connectivity index (χ0n) is 12.8. The fourth-order valence-electron chi connectivity index (χ4n) is 2.87. The second kappa shape index (κ2) is 6.97. The molecule has 0 radical (unpaired) electrons. The van der Waals surface area contributed by atoms with Gasteiger partial charge in [0, 0.05) is 19.0 Å². The van der Waals surface area contributed by atoms with E-state index in [0.717, 1.165) is 42.1 Å². The van der Waals surface area contributed by atoms with Crippen LogP contribution in [0.5, 0.6) is 5.75 Å². The van der Waals surface area contributed by atoms with Crippen LogP contribution in [0.1, 0.15) is 28.1 Å². The van der Waals surface area contributed by atoms with Crippen molar-refractivity contribution in [2.45, 2.75) is 19.8 Å². The summed E-state index contributed by atoms with van der Waals surface area (Å²) in [7, 11) is 0. The van der Waals surface area contributed by atoms with E-state index in [1.165, 1.54) is 11.3 Å². The first-order chi connectivity index (χ1) is 10.7. The Morgan fingerprint density at radius 2 is 2.18 bits per heavy atom. The summed E-state index contributed by atoms with van der Waals surface area (Å²) < 4.78 is 5.96. The zero-order valence-corrected chi connectivity index (χ0v) is 13.6. The van der Waals surface area contributed by atoms with E-state index < -0.39 is 0 Å². The Bertz CT molecular complexity index is 624. The number of hydrogen-bond donors (Lipinski definition) is 0. The lowest BCUT2D eigenvalue weighted by molar-refractivity contribution is 0.0638. The summed E-state index contributed by atoms with van der Waals surface area (Å²) in [6.45, 7) is 4.39. The number of piperidine rings is 1. The maximum absolute atomic E-state index is 12.4. The third-order valence-electron chi connectivity index (χ3n) is 4.11. The molecule has 1 saturated heterocycles. The summed E-state index contributed by atoms with van der Waals surface area (Å²) in [5.41, 5.74) is 1.16. The van der Waals surface area contributed by atoms with Gasteiger partial charge in [-0.15, -0.1) is 11.3 Å². The molecule has 2 aromatic rings. The maximum Gasteiger partial charge on any atom is 0.263 e. The van der Waals surface area contributed by atoms with Crippen molar-refractivity contribution in [3.63, 3.8) is 0 Å². The lowest BCUT2D eigenvalue weighted by Gasteiger charge is -2.32. The highest BCUT2D eigenvalue weighted by atomic mass is 32.1. The molecule has 0 spiro atoms. The number of rotatable bonds is 4. The minimum atomic E-state index is 0.163. The largest absolute Gasteiger partial charge is 0.493 e. The van der Waals surface area contributed by atoms with Crippen molar-refractivity contribution in [2.24, 2.45) is 5.92 Å². The van der Waals surface area contributed by atoms with Crippen LogP contribution in [0.4, 0.5) is 0 Å². The highest BCUT2D eigenvalue weighted by Gasteiger charge is 2.25. The Labute approximate surface area is 135 Å². The number of likely N-dealkylation sites (tertiary alicyclic amines) is 1. The number of hydrogen-bond acceptors (Lipinski definition) is 3. The average molecular weight is 315 g/mol. The Balaban J connectivity index is 1.57. The van der Waals surface area contributed by atoms with E-state index in [1.54, 1.807) is 0 Å². The summed E-state index contributed by atoms with van der Waals surface area (Å²) >= 11 is 1.52. The van der Waals surface area contributed by atoms with Crippen LogP contribution in [0.2, 0.25) is 0 Å². The molecule has 1 aliphatic rings. The predicted molar refractivity (Wildman–Crippen MR) is 89.6 cm³/mol. The molecular formula is C18H21NO2S. The monoisotopic (exact) mass is 315 g/mol. The fraction of sp³-hybridized carbons (Fsp3) is 0.389. The first kappa shape index (κ1) is 15.1.